The van der Waals surface area contributed by atoms with E-state index < -0.39 is 12.5 Å². The Hall–Kier alpha value is -3.67. The predicted molar refractivity (Wildman–Crippen MR) is 191 cm³/mol. The number of nitrogens with zero attached hydrogens (tertiary/aromatic N) is 6. The molecule has 2 bridgehead atoms. The molecule has 9 nitrogen and oxygen atoms in total. The zero-order valence-electron chi connectivity index (χ0n) is 27.7. The smallest absolute Gasteiger partial charge is 0.261 e. The van der Waals surface area contributed by atoms with Gasteiger partial charge in [0.2, 0.25) is 0 Å². The SMILES string of the molecule is C[C@@H]1[C@@H](N=C(Nc2ccc3c(=O)n(CCc4ccc(Cl)cc4Cl)c(-c4cnccn4)nc3c2)N2CCN[C@@H](C(F)F)C2)C[C@H]2C[C@@H]1C2(C)C. The number of aryl methyl sites for hydroxylation is 1. The molecular formula is C36H40Cl2F2N8O. The molecular weight excluding hydrogens is 669 g/mol. The van der Waals surface area contributed by atoms with Gasteiger partial charge in [0.1, 0.15) is 5.69 Å². The van der Waals surface area contributed by atoms with E-state index >= 15 is 0 Å². The Labute approximate surface area is 294 Å². The second kappa shape index (κ2) is 13.6. The maximum Gasteiger partial charge on any atom is 0.261 e. The number of benzene rings is 2. The lowest BCUT2D eigenvalue weighted by Crippen LogP contribution is -2.58. The number of fused-ring (bicyclic) bond motifs is 3. The number of alkyl halides is 2. The third kappa shape index (κ3) is 6.65. The predicted octanol–water partition coefficient (Wildman–Crippen LogP) is 6.78. The van der Waals surface area contributed by atoms with Crippen LogP contribution in [0.1, 0.15) is 39.2 Å². The van der Waals surface area contributed by atoms with Crippen molar-refractivity contribution in [3.05, 3.63) is 81.0 Å². The molecule has 0 unspecified atom stereocenters. The van der Waals surface area contributed by atoms with Gasteiger partial charge < -0.3 is 15.5 Å². The first-order chi connectivity index (χ1) is 23.5. The molecule has 2 aromatic carbocycles. The Morgan fingerprint density at radius 3 is 2.71 bits per heavy atom. The monoisotopic (exact) mass is 708 g/mol. The number of aliphatic imine (C=N–C) groups is 1. The van der Waals surface area contributed by atoms with Crippen LogP contribution in [-0.2, 0) is 13.0 Å². The van der Waals surface area contributed by atoms with Crippen molar-refractivity contribution in [2.45, 2.75) is 65.1 Å². The van der Waals surface area contributed by atoms with Crippen LogP contribution in [0, 0.1) is 23.2 Å². The van der Waals surface area contributed by atoms with Crippen LogP contribution in [0.3, 0.4) is 0 Å². The molecule has 49 heavy (non-hydrogen) atoms. The fraction of sp³-hybridized carbons (Fsp3) is 0.472. The van der Waals surface area contributed by atoms with Gasteiger partial charge in [0, 0.05) is 54.3 Å². The van der Waals surface area contributed by atoms with Gasteiger partial charge in [-0.25, -0.2) is 23.7 Å². The Balaban J connectivity index is 1.24. The minimum Gasteiger partial charge on any atom is -0.340 e. The summed E-state index contributed by atoms with van der Waals surface area (Å²) < 4.78 is 29.3. The van der Waals surface area contributed by atoms with Crippen LogP contribution in [0.25, 0.3) is 22.4 Å². The van der Waals surface area contributed by atoms with Gasteiger partial charge in [0.05, 0.1) is 29.2 Å². The fourth-order valence-corrected chi connectivity index (χ4v) is 8.49. The van der Waals surface area contributed by atoms with Crippen LogP contribution in [0.4, 0.5) is 14.5 Å². The summed E-state index contributed by atoms with van der Waals surface area (Å²) in [7, 11) is 0. The van der Waals surface area contributed by atoms with Gasteiger partial charge in [-0.1, -0.05) is 50.0 Å². The Morgan fingerprint density at radius 1 is 1.16 bits per heavy atom. The van der Waals surface area contributed by atoms with Crippen molar-refractivity contribution >= 4 is 45.8 Å². The van der Waals surface area contributed by atoms with E-state index in [4.69, 9.17) is 33.2 Å². The molecule has 4 aliphatic rings. The molecule has 3 saturated carbocycles. The summed E-state index contributed by atoms with van der Waals surface area (Å²) in [5.74, 6) is 2.51. The van der Waals surface area contributed by atoms with Crippen LogP contribution in [-0.4, -0.2) is 68.5 Å². The number of anilines is 1. The lowest BCUT2D eigenvalue weighted by atomic mass is 9.45. The molecule has 2 N–H and O–H groups in total. The van der Waals surface area contributed by atoms with Gasteiger partial charge in [0.15, 0.2) is 11.8 Å². The first kappa shape index (κ1) is 33.8. The quantitative estimate of drug-likeness (QED) is 0.161. The van der Waals surface area contributed by atoms with Crippen molar-refractivity contribution in [3.8, 4) is 11.5 Å². The Bertz CT molecular complexity index is 1940. The first-order valence-electron chi connectivity index (χ1n) is 16.9. The number of piperazine rings is 1. The van der Waals surface area contributed by atoms with E-state index in [2.05, 4.69) is 41.4 Å². The standard InChI is InChI=1S/C36H40Cl2F2N8O/c1-20-26-14-22(36(26,2)3)15-28(20)46-35(47-13-11-43-31(19-47)32(39)40)44-24-6-7-25-29(17-24)45-33(30-18-41-9-10-42-30)48(34(25)49)12-8-21-4-5-23(37)16-27(21)38/h4-7,9-10,16-18,20,22,26,28,31-32,43H,8,11-15,19H2,1-3H3,(H,44,46)/t20-,22+,26-,28-,31+/m0/s1. The Morgan fingerprint density at radius 2 is 2.00 bits per heavy atom. The third-order valence-corrected chi connectivity index (χ3v) is 11.6. The number of rotatable bonds is 7. The van der Waals surface area contributed by atoms with E-state index in [-0.39, 0.29) is 18.1 Å². The average molecular weight is 710 g/mol. The minimum atomic E-state index is -2.49. The molecule has 3 heterocycles. The van der Waals surface area contributed by atoms with Gasteiger partial charge in [-0.05, 0) is 78.3 Å². The number of hydrogen-bond acceptors (Lipinski definition) is 6. The van der Waals surface area contributed by atoms with E-state index in [9.17, 15) is 13.6 Å². The summed E-state index contributed by atoms with van der Waals surface area (Å²) in [5, 5.41) is 7.91. The van der Waals surface area contributed by atoms with Crippen LogP contribution in [0.15, 0.2) is 64.8 Å². The van der Waals surface area contributed by atoms with Crippen LogP contribution in [0.2, 0.25) is 10.0 Å². The van der Waals surface area contributed by atoms with Gasteiger partial charge >= 0.3 is 0 Å². The van der Waals surface area contributed by atoms with E-state index in [0.29, 0.717) is 93.3 Å². The highest BCUT2D eigenvalue weighted by Gasteiger charge is 2.56. The third-order valence-electron chi connectivity index (χ3n) is 11.0. The fourth-order valence-electron chi connectivity index (χ4n) is 7.98. The Kier molecular flexibility index (Phi) is 9.36. The molecule has 4 fully saturated rings. The first-order valence-corrected chi connectivity index (χ1v) is 17.6. The molecule has 8 rings (SSSR count). The molecule has 1 saturated heterocycles. The second-order valence-corrected chi connectivity index (χ2v) is 15.0. The van der Waals surface area contributed by atoms with Crippen LogP contribution in [0.5, 0.6) is 0 Å². The lowest BCUT2D eigenvalue weighted by Gasteiger charge is -2.61. The minimum absolute atomic E-state index is 0.0855. The van der Waals surface area contributed by atoms with Gasteiger partial charge in [-0.15, -0.1) is 0 Å². The summed E-state index contributed by atoms with van der Waals surface area (Å²) in [6.07, 6.45) is 4.88. The molecule has 258 valence electrons. The van der Waals surface area contributed by atoms with Crippen molar-refractivity contribution in [1.29, 1.82) is 0 Å². The zero-order chi connectivity index (χ0) is 34.4. The molecule has 0 spiro atoms. The highest BCUT2D eigenvalue weighted by molar-refractivity contribution is 6.35. The normalized spacial score (nSPS) is 25.0. The van der Waals surface area contributed by atoms with Crippen molar-refractivity contribution in [3.63, 3.8) is 0 Å². The summed E-state index contributed by atoms with van der Waals surface area (Å²) in [5.41, 5.74) is 2.51. The molecule has 0 radical (unpaired) electrons. The number of aromatic nitrogens is 4. The van der Waals surface area contributed by atoms with Crippen LogP contribution < -0.4 is 16.2 Å². The van der Waals surface area contributed by atoms with E-state index in [1.807, 2.05) is 23.1 Å². The molecule has 2 aromatic heterocycles. The second-order valence-electron chi connectivity index (χ2n) is 14.1. The number of hydrogen-bond donors (Lipinski definition) is 2. The van der Waals surface area contributed by atoms with Gasteiger partial charge in [0.25, 0.3) is 12.0 Å². The van der Waals surface area contributed by atoms with Crippen molar-refractivity contribution in [1.82, 2.24) is 29.7 Å². The number of nitrogens with one attached hydrogen (secondary N) is 2. The van der Waals surface area contributed by atoms with E-state index in [1.54, 1.807) is 41.4 Å². The summed E-state index contributed by atoms with van der Waals surface area (Å²) >= 11 is 12.5. The summed E-state index contributed by atoms with van der Waals surface area (Å²) in [4.78, 5) is 34.8. The highest BCUT2D eigenvalue weighted by Crippen LogP contribution is 2.61. The van der Waals surface area contributed by atoms with Gasteiger partial charge in [-0.3, -0.25) is 14.3 Å². The maximum absolute atomic E-state index is 14.0. The highest BCUT2D eigenvalue weighted by atomic mass is 35.5. The largest absolute Gasteiger partial charge is 0.340 e. The summed E-state index contributed by atoms with van der Waals surface area (Å²) in [6, 6.07) is 9.81. The molecule has 5 atom stereocenters. The lowest BCUT2D eigenvalue weighted by molar-refractivity contribution is -0.108. The average Bonchev–Trinajstić information content (AvgIpc) is 3.09. The van der Waals surface area contributed by atoms with Crippen molar-refractivity contribution < 1.29 is 8.78 Å². The zero-order valence-corrected chi connectivity index (χ0v) is 29.2. The molecule has 0 amide bonds. The van der Waals surface area contributed by atoms with Gasteiger partial charge in [-0.2, -0.15) is 0 Å². The van der Waals surface area contributed by atoms with Crippen LogP contribution >= 0.6 is 23.2 Å². The molecule has 1 aliphatic heterocycles. The summed E-state index contributed by atoms with van der Waals surface area (Å²) in [6.45, 7) is 8.38. The van der Waals surface area contributed by atoms with Crippen molar-refractivity contribution in [2.24, 2.45) is 28.2 Å². The van der Waals surface area contributed by atoms with E-state index in [0.717, 1.165) is 12.0 Å². The topological polar surface area (TPSA) is 100 Å². The number of halogens is 4. The molecule has 4 aromatic rings. The molecule has 3 aliphatic carbocycles. The maximum atomic E-state index is 14.0. The van der Waals surface area contributed by atoms with E-state index in [1.165, 1.54) is 6.42 Å². The molecule has 13 heteroatoms. The van der Waals surface area contributed by atoms with Crippen molar-refractivity contribution in [2.75, 3.05) is 25.0 Å². The number of guanidine groups is 1.